The molecule has 0 saturated carbocycles. The zero-order valence-corrected chi connectivity index (χ0v) is 20.8. The Bertz CT molecular complexity index is 1190. The highest BCUT2D eigenvalue weighted by Gasteiger charge is 2.35. The van der Waals surface area contributed by atoms with Gasteiger partial charge in [-0.3, -0.25) is 9.59 Å². The number of amides is 1. The molecular formula is C26H32N2O8. The molecule has 1 aromatic carbocycles. The number of ether oxygens (including phenoxy) is 4. The van der Waals surface area contributed by atoms with Crippen LogP contribution in [-0.4, -0.2) is 79.7 Å². The molecule has 194 valence electrons. The van der Waals surface area contributed by atoms with E-state index in [-0.39, 0.29) is 31.4 Å². The molecule has 4 rings (SSSR count). The Morgan fingerprint density at radius 2 is 1.97 bits per heavy atom. The van der Waals surface area contributed by atoms with E-state index in [9.17, 15) is 19.5 Å². The van der Waals surface area contributed by atoms with Gasteiger partial charge in [-0.1, -0.05) is 6.92 Å². The summed E-state index contributed by atoms with van der Waals surface area (Å²) in [4.78, 5) is 39.3. The predicted octanol–water partition coefficient (Wildman–Crippen LogP) is 2.37. The lowest BCUT2D eigenvalue weighted by molar-refractivity contribution is -0.147. The molecule has 1 fully saturated rings. The molecule has 2 unspecified atom stereocenters. The highest BCUT2D eigenvalue weighted by atomic mass is 16.5. The Morgan fingerprint density at radius 3 is 2.67 bits per heavy atom. The van der Waals surface area contributed by atoms with Crippen molar-refractivity contribution in [3.05, 3.63) is 45.7 Å². The Kier molecular flexibility index (Phi) is 7.95. The van der Waals surface area contributed by atoms with Crippen LogP contribution in [0.15, 0.2) is 29.2 Å². The number of morpholine rings is 1. The van der Waals surface area contributed by atoms with Crippen LogP contribution in [0.1, 0.15) is 41.7 Å². The number of hydrogen-bond acceptors (Lipinski definition) is 7. The first-order valence-electron chi connectivity index (χ1n) is 12.1. The SMILES string of the molecule is CCC1Cc2cc(OCCCOC)c(OC)cc2-c2cc(=O)c(C(=O)N3CCOCC3C(=O)O)cn21. The first-order valence-corrected chi connectivity index (χ1v) is 12.1. The number of carboxylic acid groups (broad SMARTS) is 1. The quantitative estimate of drug-likeness (QED) is 0.522. The van der Waals surface area contributed by atoms with E-state index in [1.165, 1.54) is 11.0 Å². The van der Waals surface area contributed by atoms with Gasteiger partial charge in [-0.25, -0.2) is 4.79 Å². The molecule has 1 saturated heterocycles. The van der Waals surface area contributed by atoms with Crippen LogP contribution in [0.4, 0.5) is 0 Å². The zero-order chi connectivity index (χ0) is 25.8. The van der Waals surface area contributed by atoms with E-state index >= 15 is 0 Å². The molecule has 2 aromatic rings. The summed E-state index contributed by atoms with van der Waals surface area (Å²) in [5.74, 6) is -0.562. The minimum atomic E-state index is -1.16. The fourth-order valence-electron chi connectivity index (χ4n) is 4.79. The summed E-state index contributed by atoms with van der Waals surface area (Å²) in [6.45, 7) is 3.37. The number of aromatic nitrogens is 1. The molecular weight excluding hydrogens is 468 g/mol. The summed E-state index contributed by atoms with van der Waals surface area (Å²) < 4.78 is 23.8. The van der Waals surface area contributed by atoms with E-state index in [0.29, 0.717) is 36.8 Å². The number of hydrogen-bond donors (Lipinski definition) is 1. The van der Waals surface area contributed by atoms with Crippen molar-refractivity contribution in [2.45, 2.75) is 38.3 Å². The number of carbonyl (C=O) groups is 2. The molecule has 3 heterocycles. The Hall–Kier alpha value is -3.37. The van der Waals surface area contributed by atoms with E-state index in [0.717, 1.165) is 24.0 Å². The van der Waals surface area contributed by atoms with Crippen molar-refractivity contribution in [1.29, 1.82) is 0 Å². The molecule has 2 aliphatic heterocycles. The largest absolute Gasteiger partial charge is 0.493 e. The summed E-state index contributed by atoms with van der Waals surface area (Å²) in [5, 5.41) is 9.52. The highest BCUT2D eigenvalue weighted by Crippen LogP contribution is 2.41. The van der Waals surface area contributed by atoms with Crippen LogP contribution < -0.4 is 14.9 Å². The van der Waals surface area contributed by atoms with Crippen LogP contribution in [0.2, 0.25) is 0 Å². The monoisotopic (exact) mass is 500 g/mol. The van der Waals surface area contributed by atoms with Gasteiger partial charge in [0, 0.05) is 50.6 Å². The molecule has 1 N–H and O–H groups in total. The molecule has 1 aromatic heterocycles. The van der Waals surface area contributed by atoms with Gasteiger partial charge in [-0.05, 0) is 30.5 Å². The molecule has 10 heteroatoms. The Balaban J connectivity index is 1.73. The number of carbonyl (C=O) groups excluding carboxylic acids is 1. The lowest BCUT2D eigenvalue weighted by atomic mass is 9.90. The van der Waals surface area contributed by atoms with Crippen LogP contribution >= 0.6 is 0 Å². The van der Waals surface area contributed by atoms with Crippen molar-refractivity contribution in [3.63, 3.8) is 0 Å². The number of nitrogens with zero attached hydrogens (tertiary/aromatic N) is 2. The number of methoxy groups -OCH3 is 2. The summed E-state index contributed by atoms with van der Waals surface area (Å²) >= 11 is 0. The van der Waals surface area contributed by atoms with Crippen molar-refractivity contribution in [1.82, 2.24) is 9.47 Å². The Morgan fingerprint density at radius 1 is 1.17 bits per heavy atom. The van der Waals surface area contributed by atoms with E-state index in [1.54, 1.807) is 20.4 Å². The summed E-state index contributed by atoms with van der Waals surface area (Å²) in [6.07, 6.45) is 3.78. The first-order chi connectivity index (χ1) is 17.4. The van der Waals surface area contributed by atoms with Crippen LogP contribution in [0.5, 0.6) is 11.5 Å². The van der Waals surface area contributed by atoms with Crippen LogP contribution in [0, 0.1) is 0 Å². The minimum absolute atomic E-state index is 0.00865. The predicted molar refractivity (Wildman–Crippen MR) is 131 cm³/mol. The highest BCUT2D eigenvalue weighted by molar-refractivity contribution is 5.97. The van der Waals surface area contributed by atoms with Gasteiger partial charge in [0.25, 0.3) is 5.91 Å². The lowest BCUT2D eigenvalue weighted by Gasteiger charge is -2.34. The topological polar surface area (TPSA) is 117 Å². The van der Waals surface area contributed by atoms with Crippen LogP contribution in [0.3, 0.4) is 0 Å². The number of rotatable bonds is 9. The standard InChI is InChI=1S/C26H32N2O8/c1-4-17-10-16-11-24(36-8-5-7-33-2)23(34-3)12-18(16)20-13-22(29)19(14-28(17)20)25(30)27-6-9-35-15-21(27)26(31)32/h11-14,17,21H,4-10,15H2,1-3H3,(H,31,32). The van der Waals surface area contributed by atoms with Crippen molar-refractivity contribution < 1.29 is 33.6 Å². The van der Waals surface area contributed by atoms with Gasteiger partial charge in [0.2, 0.25) is 0 Å². The summed E-state index contributed by atoms with van der Waals surface area (Å²) in [5.41, 5.74) is 2.06. The van der Waals surface area contributed by atoms with Gasteiger partial charge in [0.15, 0.2) is 23.0 Å². The third kappa shape index (κ3) is 4.96. The van der Waals surface area contributed by atoms with Crippen molar-refractivity contribution in [3.8, 4) is 22.8 Å². The molecule has 0 radical (unpaired) electrons. The maximum atomic E-state index is 13.3. The van der Waals surface area contributed by atoms with Gasteiger partial charge in [-0.2, -0.15) is 0 Å². The van der Waals surface area contributed by atoms with E-state index in [2.05, 4.69) is 0 Å². The second-order valence-electron chi connectivity index (χ2n) is 8.89. The maximum Gasteiger partial charge on any atom is 0.328 e. The van der Waals surface area contributed by atoms with Gasteiger partial charge in [-0.15, -0.1) is 0 Å². The third-order valence-electron chi connectivity index (χ3n) is 6.72. The smallest absolute Gasteiger partial charge is 0.328 e. The molecule has 2 aliphatic rings. The minimum Gasteiger partial charge on any atom is -0.493 e. The van der Waals surface area contributed by atoms with Crippen molar-refractivity contribution in [2.75, 3.05) is 47.2 Å². The first kappa shape index (κ1) is 25.7. The lowest BCUT2D eigenvalue weighted by Crippen LogP contribution is -2.53. The number of carboxylic acids is 1. The second kappa shape index (κ2) is 11.1. The normalized spacial score (nSPS) is 18.8. The average Bonchev–Trinajstić information content (AvgIpc) is 2.89. The third-order valence-corrected chi connectivity index (χ3v) is 6.72. The Labute approximate surface area is 209 Å². The molecule has 10 nitrogen and oxygen atoms in total. The molecule has 2 atom stereocenters. The fourth-order valence-corrected chi connectivity index (χ4v) is 4.79. The molecule has 0 aliphatic carbocycles. The van der Waals surface area contributed by atoms with Crippen molar-refractivity contribution >= 4 is 11.9 Å². The van der Waals surface area contributed by atoms with E-state index in [1.807, 2.05) is 23.6 Å². The maximum absolute atomic E-state index is 13.3. The summed E-state index contributed by atoms with van der Waals surface area (Å²) in [7, 11) is 3.21. The molecule has 0 spiro atoms. The van der Waals surface area contributed by atoms with Crippen LogP contribution in [0.25, 0.3) is 11.3 Å². The number of pyridine rings is 1. The number of aliphatic carboxylic acids is 1. The van der Waals surface area contributed by atoms with Crippen molar-refractivity contribution in [2.24, 2.45) is 0 Å². The molecule has 1 amide bonds. The van der Waals surface area contributed by atoms with E-state index < -0.39 is 23.3 Å². The fraction of sp³-hybridized carbons (Fsp3) is 0.500. The average molecular weight is 501 g/mol. The molecule has 0 bridgehead atoms. The summed E-state index contributed by atoms with van der Waals surface area (Å²) in [6, 6.07) is 4.17. The van der Waals surface area contributed by atoms with Gasteiger partial charge >= 0.3 is 5.97 Å². The van der Waals surface area contributed by atoms with Gasteiger partial charge < -0.3 is 33.5 Å². The number of fused-ring (bicyclic) bond motifs is 3. The second-order valence-corrected chi connectivity index (χ2v) is 8.89. The van der Waals surface area contributed by atoms with Gasteiger partial charge in [0.05, 0.1) is 32.6 Å². The van der Waals surface area contributed by atoms with Gasteiger partial charge in [0.1, 0.15) is 5.56 Å². The van der Waals surface area contributed by atoms with Crippen LogP contribution in [-0.2, 0) is 20.7 Å². The van der Waals surface area contributed by atoms with E-state index in [4.69, 9.17) is 18.9 Å². The zero-order valence-electron chi connectivity index (χ0n) is 20.8. The number of benzene rings is 1. The molecule has 36 heavy (non-hydrogen) atoms.